The number of phenols is 1. The largest absolute Gasteiger partial charge is 0.508 e. The predicted octanol–water partition coefficient (Wildman–Crippen LogP) is 4.54. The number of amides is 6. The number of carboxylic acid groups (broad SMARTS) is 1. The Morgan fingerprint density at radius 1 is 0.735 bits per heavy atom. The first-order valence-electron chi connectivity index (χ1n) is 28.8. The number of H-pyrrole nitrogens is 1. The molecule has 1 aliphatic rings. The van der Waals surface area contributed by atoms with Crippen molar-refractivity contribution in [1.29, 1.82) is 0 Å². The Morgan fingerprint density at radius 3 is 1.99 bits per heavy atom. The third kappa shape index (κ3) is 21.6. The number of hydrazine groups is 1. The van der Waals surface area contributed by atoms with E-state index in [-0.39, 0.29) is 49.6 Å². The standard InChI is InChI=1S/C61H87N9O13/c1-36(2)30-47-53(77)52(76)37(3)31-50(73)46(26-27-51(74)75)66-57(81)49(33-42-35-63-45-21-17-16-20-44(42)45)68-56(80)48(32-41-22-24-43(72)25-23-41)67-55(79)40(6)65-58(82)60(7,34-38(4)71)28-18-14-12-10-9-11-13-15-19-29-61(8,70-69-47)59(83)64-39(5)54(62)78/h11,13,16-17,20-25,35-37,39-40,46-49,63,69-70,72H,9-10,12,14-15,18-19,26-34H2,1-8H3,(H2,62,78)(H,64,83)(H,65,82)(H,66,81)(H,67,79)(H,68,80)(H,74,75)/t37-,39?,40?,46+,47+,48+,49+,60+,61+/m1/s1. The number of allylic oxidation sites excluding steroid dienone is 2. The van der Waals surface area contributed by atoms with E-state index in [4.69, 9.17) is 5.73 Å². The van der Waals surface area contributed by atoms with Gasteiger partial charge in [0.15, 0.2) is 5.78 Å². The Morgan fingerprint density at radius 2 is 1.35 bits per heavy atom. The molecular formula is C61H87N9O13. The molecule has 22 heteroatoms. The number of carbonyl (C=O) groups is 11. The molecule has 0 fully saturated rings. The summed E-state index contributed by atoms with van der Waals surface area (Å²) in [7, 11) is 0. The highest BCUT2D eigenvalue weighted by atomic mass is 16.4. The summed E-state index contributed by atoms with van der Waals surface area (Å²) in [6, 6.07) is 5.08. The van der Waals surface area contributed by atoms with Gasteiger partial charge in [-0.05, 0) is 114 Å². The number of primary amides is 1. The molecule has 0 radical (unpaired) electrons. The minimum Gasteiger partial charge on any atom is -0.508 e. The Labute approximate surface area is 485 Å². The maximum Gasteiger partial charge on any atom is 0.303 e. The van der Waals surface area contributed by atoms with Gasteiger partial charge in [-0.15, -0.1) is 0 Å². The summed E-state index contributed by atoms with van der Waals surface area (Å²) in [6.07, 6.45) is 9.00. The van der Waals surface area contributed by atoms with Crippen LogP contribution in [0.25, 0.3) is 10.9 Å². The molecule has 6 amide bonds. The van der Waals surface area contributed by atoms with Crippen molar-refractivity contribution in [3.05, 3.63) is 78.0 Å². The van der Waals surface area contributed by atoms with E-state index in [1.165, 1.54) is 52.0 Å². The molecular weight excluding hydrogens is 1070 g/mol. The second-order valence-corrected chi connectivity index (χ2v) is 23.2. The van der Waals surface area contributed by atoms with E-state index >= 15 is 0 Å². The van der Waals surface area contributed by atoms with Crippen LogP contribution in [0.3, 0.4) is 0 Å². The van der Waals surface area contributed by atoms with Gasteiger partial charge >= 0.3 is 5.97 Å². The molecule has 4 rings (SSSR count). The zero-order chi connectivity index (χ0) is 61.6. The fourth-order valence-electron chi connectivity index (χ4n) is 10.00. The average Bonchev–Trinajstić information content (AvgIpc) is 3.90. The van der Waals surface area contributed by atoms with Gasteiger partial charge in [0.1, 0.15) is 41.2 Å². The first-order chi connectivity index (χ1) is 39.1. The minimum absolute atomic E-state index is 0.0652. The summed E-state index contributed by atoms with van der Waals surface area (Å²) in [5.41, 5.74) is 10.5. The number of benzene rings is 2. The first kappa shape index (κ1) is 67.9. The van der Waals surface area contributed by atoms with Crippen molar-refractivity contribution in [2.24, 2.45) is 23.0 Å². The van der Waals surface area contributed by atoms with Gasteiger partial charge in [-0.2, -0.15) is 0 Å². The normalized spacial score (nSPS) is 25.6. The molecule has 22 nitrogen and oxygen atoms in total. The number of para-hydroxylation sites is 1. The summed E-state index contributed by atoms with van der Waals surface area (Å²) >= 11 is 0. The van der Waals surface area contributed by atoms with Crippen LogP contribution in [0.5, 0.6) is 5.75 Å². The Balaban J connectivity index is 1.77. The van der Waals surface area contributed by atoms with Crippen LogP contribution in [0.15, 0.2) is 66.9 Å². The van der Waals surface area contributed by atoms with Gasteiger partial charge in [0, 0.05) is 55.1 Å². The van der Waals surface area contributed by atoms with Gasteiger partial charge < -0.3 is 47.5 Å². The van der Waals surface area contributed by atoms with E-state index in [1.807, 2.05) is 26.0 Å². The SMILES string of the molecule is CC(=O)C[C@]1(C)CCCCCCC=CCCC[C@@](C)(C(=O)NC(C)C(N)=O)NN[C@@H](CC(C)C)C(=O)C(=O)[C@H](C)CC(=O)[C@H](CCC(=O)O)NC(=O)[C@H](Cc2c[nH]c3ccccc23)NC(=O)[C@H](Cc2ccc(O)cc2)NC(=O)C(C)NC1=O. The molecule has 12 N–H and O–H groups in total. The zero-order valence-corrected chi connectivity index (χ0v) is 49.2. The third-order valence-electron chi connectivity index (χ3n) is 15.1. The molecule has 2 unspecified atom stereocenters. The number of rotatable bonds is 14. The van der Waals surface area contributed by atoms with Crippen LogP contribution in [-0.2, 0) is 65.6 Å². The summed E-state index contributed by atoms with van der Waals surface area (Å²) in [5.74, 6) is -10.1. The van der Waals surface area contributed by atoms with Crippen LogP contribution in [0.2, 0.25) is 0 Å². The summed E-state index contributed by atoms with van der Waals surface area (Å²) in [4.78, 5) is 154. The highest BCUT2D eigenvalue weighted by molar-refractivity contribution is 6.40. The van der Waals surface area contributed by atoms with Crippen LogP contribution in [-0.4, -0.2) is 122 Å². The lowest BCUT2D eigenvalue weighted by Gasteiger charge is -2.33. The Bertz CT molecular complexity index is 2810. The van der Waals surface area contributed by atoms with Gasteiger partial charge in [-0.25, -0.2) is 10.9 Å². The van der Waals surface area contributed by atoms with Crippen LogP contribution >= 0.6 is 0 Å². The van der Waals surface area contributed by atoms with Crippen molar-refractivity contribution in [3.63, 3.8) is 0 Å². The summed E-state index contributed by atoms with van der Waals surface area (Å²) in [5, 5.41) is 34.0. The number of nitrogens with one attached hydrogen (secondary N) is 8. The number of hydrogen-bond acceptors (Lipinski definition) is 14. The van der Waals surface area contributed by atoms with Crippen LogP contribution in [0, 0.1) is 17.3 Å². The van der Waals surface area contributed by atoms with Crippen molar-refractivity contribution in [1.82, 2.24) is 42.4 Å². The number of ketones is 4. The average molecular weight is 1150 g/mol. The van der Waals surface area contributed by atoms with E-state index in [2.05, 4.69) is 42.4 Å². The van der Waals surface area contributed by atoms with Crippen molar-refractivity contribution in [2.75, 3.05) is 0 Å². The van der Waals surface area contributed by atoms with Gasteiger partial charge in [0.05, 0.1) is 17.5 Å². The number of aromatic nitrogens is 1. The molecule has 454 valence electrons. The van der Waals surface area contributed by atoms with Gasteiger partial charge in [-0.3, -0.25) is 52.7 Å². The summed E-state index contributed by atoms with van der Waals surface area (Å²) in [6.45, 7) is 12.5. The molecule has 9 atom stereocenters. The van der Waals surface area contributed by atoms with E-state index in [0.29, 0.717) is 47.7 Å². The topological polar surface area (TPSA) is 354 Å². The van der Waals surface area contributed by atoms with E-state index in [1.54, 1.807) is 44.3 Å². The quantitative estimate of drug-likeness (QED) is 0.0780. The lowest BCUT2D eigenvalue weighted by atomic mass is 9.79. The molecule has 0 spiro atoms. The van der Waals surface area contributed by atoms with Crippen LogP contribution < -0.4 is 43.2 Å². The highest BCUT2D eigenvalue weighted by Gasteiger charge is 2.40. The number of carboxylic acids is 1. The third-order valence-corrected chi connectivity index (χ3v) is 15.1. The fraction of sp³-hybridized carbons (Fsp3) is 0.557. The predicted molar refractivity (Wildman–Crippen MR) is 312 cm³/mol. The van der Waals surface area contributed by atoms with E-state index < -0.39 is 131 Å². The maximum absolute atomic E-state index is 14.7. The molecule has 0 saturated carbocycles. The molecule has 3 aromatic rings. The maximum atomic E-state index is 14.7. The molecule has 2 aromatic carbocycles. The lowest BCUT2D eigenvalue weighted by Crippen LogP contribution is -2.64. The lowest BCUT2D eigenvalue weighted by molar-refractivity contribution is -0.142. The number of phenolic OH excluding ortho intramolecular Hbond substituents is 1. The Hall–Kier alpha value is -7.59. The summed E-state index contributed by atoms with van der Waals surface area (Å²) < 4.78 is 0. The number of fused-ring (bicyclic) bond motifs is 1. The van der Waals surface area contributed by atoms with Crippen LogP contribution in [0.4, 0.5) is 0 Å². The van der Waals surface area contributed by atoms with Crippen LogP contribution in [0.1, 0.15) is 156 Å². The van der Waals surface area contributed by atoms with Crippen molar-refractivity contribution in [2.45, 2.75) is 200 Å². The van der Waals surface area contributed by atoms with E-state index in [0.717, 1.165) is 25.7 Å². The second-order valence-electron chi connectivity index (χ2n) is 23.2. The molecule has 0 saturated heterocycles. The number of aromatic amines is 1. The molecule has 2 heterocycles. The van der Waals surface area contributed by atoms with E-state index in [9.17, 15) is 63.0 Å². The van der Waals surface area contributed by atoms with Crippen molar-refractivity contribution >= 4 is 75.4 Å². The smallest absolute Gasteiger partial charge is 0.303 e. The number of carbonyl (C=O) groups excluding carboxylic acids is 10. The molecule has 0 bridgehead atoms. The van der Waals surface area contributed by atoms with Crippen molar-refractivity contribution < 1.29 is 63.0 Å². The molecule has 1 aromatic heterocycles. The second kappa shape index (κ2) is 32.3. The first-order valence-corrected chi connectivity index (χ1v) is 28.8. The number of aliphatic carboxylic acids is 1. The fourth-order valence-corrected chi connectivity index (χ4v) is 10.00. The zero-order valence-electron chi connectivity index (χ0n) is 49.2. The minimum atomic E-state index is -1.54. The molecule has 1 aliphatic heterocycles. The number of hydrogen-bond donors (Lipinski definition) is 11. The number of Topliss-reactive ketones (excluding diaryl/α,β-unsaturated/α-hetero) is 4. The van der Waals surface area contributed by atoms with Gasteiger partial charge in [0.25, 0.3) is 0 Å². The van der Waals surface area contributed by atoms with Crippen molar-refractivity contribution in [3.8, 4) is 5.75 Å². The van der Waals surface area contributed by atoms with Gasteiger partial charge in [0.2, 0.25) is 47.0 Å². The van der Waals surface area contributed by atoms with Gasteiger partial charge in [-0.1, -0.05) is 89.4 Å². The molecule has 83 heavy (non-hydrogen) atoms. The Kier molecular flexibility index (Phi) is 26.4. The monoisotopic (exact) mass is 1150 g/mol. The highest BCUT2D eigenvalue weighted by Crippen LogP contribution is 2.30. The molecule has 0 aliphatic carbocycles. The number of nitrogens with two attached hydrogens (primary N) is 1. The number of aromatic hydroxyl groups is 1.